The summed E-state index contributed by atoms with van der Waals surface area (Å²) < 4.78 is 4.72. The van der Waals surface area contributed by atoms with Gasteiger partial charge in [0.15, 0.2) is 0 Å². The van der Waals surface area contributed by atoms with E-state index in [1.165, 1.54) is 17.8 Å². The quantitative estimate of drug-likeness (QED) is 0.509. The van der Waals surface area contributed by atoms with Crippen molar-refractivity contribution in [3.8, 4) is 0 Å². The number of amides is 1. The maximum Gasteiger partial charge on any atom is 0.406 e. The highest BCUT2D eigenvalue weighted by atomic mass is 33.1. The average molecular weight is 181 g/mol. The Kier molecular flexibility index (Phi) is 5.71. The molecule has 0 rings (SSSR count). The van der Waals surface area contributed by atoms with Gasteiger partial charge in [-0.1, -0.05) is 10.8 Å². The van der Waals surface area contributed by atoms with Crippen LogP contribution in [0.3, 0.4) is 0 Å². The first-order valence-electron chi connectivity index (χ1n) is 2.85. The largest absolute Gasteiger partial charge is 0.448 e. The van der Waals surface area contributed by atoms with E-state index in [2.05, 4.69) is 17.0 Å². The second-order valence-electron chi connectivity index (χ2n) is 1.76. The Hall–Kier alpha value is -0.0300. The fourth-order valence-corrected chi connectivity index (χ4v) is 0.607. The van der Waals surface area contributed by atoms with E-state index >= 15 is 0 Å². The number of nitrogens with one attached hydrogen (secondary N) is 1. The Bertz CT molecular complexity index is 110. The molecule has 0 aliphatic heterocycles. The van der Waals surface area contributed by atoms with Gasteiger partial charge in [-0.25, -0.2) is 4.79 Å². The first-order chi connectivity index (χ1) is 4.70. The summed E-state index contributed by atoms with van der Waals surface area (Å²) in [6.45, 7) is 2.33. The lowest BCUT2D eigenvalue weighted by atomic mass is 10.5. The van der Waals surface area contributed by atoms with Crippen molar-refractivity contribution >= 4 is 28.5 Å². The number of carbonyl (C=O) groups is 1. The molecule has 3 nitrogen and oxygen atoms in total. The zero-order chi connectivity index (χ0) is 7.98. The van der Waals surface area contributed by atoms with Gasteiger partial charge >= 0.3 is 6.09 Å². The molecule has 0 heterocycles. The van der Waals surface area contributed by atoms with Gasteiger partial charge < -0.3 is 10.1 Å². The molecule has 1 N–H and O–H groups in total. The molecule has 0 fully saturated rings. The van der Waals surface area contributed by atoms with Gasteiger partial charge in [0.2, 0.25) is 0 Å². The maximum absolute atomic E-state index is 10.5. The standard InChI is InChI=1S/C5H11NO2S2/c1-4(10-9)3-8-5(7)6-2/h4,9H,3H2,1-2H3,(H,6,7). The zero-order valence-electron chi connectivity index (χ0n) is 5.96. The smallest absolute Gasteiger partial charge is 0.406 e. The fraction of sp³-hybridized carbons (Fsp3) is 0.800. The number of hydrogen-bond acceptors (Lipinski definition) is 4. The molecule has 1 unspecified atom stereocenters. The van der Waals surface area contributed by atoms with E-state index in [1.807, 2.05) is 6.92 Å². The van der Waals surface area contributed by atoms with E-state index in [9.17, 15) is 4.79 Å². The molecule has 0 aromatic heterocycles. The molecule has 60 valence electrons. The van der Waals surface area contributed by atoms with Crippen molar-refractivity contribution in [3.05, 3.63) is 0 Å². The molecule has 0 aromatic rings. The van der Waals surface area contributed by atoms with Crippen LogP contribution in [-0.2, 0) is 4.74 Å². The first-order valence-corrected chi connectivity index (χ1v) is 4.78. The van der Waals surface area contributed by atoms with Crippen molar-refractivity contribution in [2.45, 2.75) is 12.2 Å². The summed E-state index contributed by atoms with van der Waals surface area (Å²) in [5.41, 5.74) is 0. The lowest BCUT2D eigenvalue weighted by molar-refractivity contribution is 0.150. The Morgan fingerprint density at radius 1 is 1.90 bits per heavy atom. The highest BCUT2D eigenvalue weighted by molar-refractivity contribution is 8.68. The van der Waals surface area contributed by atoms with Crippen LogP contribution in [0.15, 0.2) is 0 Å². The summed E-state index contributed by atoms with van der Waals surface area (Å²) in [5, 5.41) is 2.59. The molecule has 0 aromatic carbocycles. The van der Waals surface area contributed by atoms with Crippen LogP contribution in [0.1, 0.15) is 6.92 Å². The molecule has 0 bridgehead atoms. The molecule has 1 amide bonds. The molecule has 0 aliphatic rings. The minimum atomic E-state index is -0.394. The number of carbonyl (C=O) groups excluding carboxylic acids is 1. The average Bonchev–Trinajstić information content (AvgIpc) is 1.99. The van der Waals surface area contributed by atoms with E-state index in [4.69, 9.17) is 4.74 Å². The van der Waals surface area contributed by atoms with Gasteiger partial charge in [-0.2, -0.15) is 0 Å². The molecule has 10 heavy (non-hydrogen) atoms. The van der Waals surface area contributed by atoms with Crippen molar-refractivity contribution in [2.75, 3.05) is 13.7 Å². The van der Waals surface area contributed by atoms with E-state index in [1.54, 1.807) is 0 Å². The van der Waals surface area contributed by atoms with Gasteiger partial charge in [-0.3, -0.25) is 0 Å². The Morgan fingerprint density at radius 2 is 2.50 bits per heavy atom. The number of rotatable bonds is 3. The van der Waals surface area contributed by atoms with Crippen molar-refractivity contribution in [1.29, 1.82) is 0 Å². The van der Waals surface area contributed by atoms with E-state index in [-0.39, 0.29) is 5.25 Å². The highest BCUT2D eigenvalue weighted by Gasteiger charge is 2.02. The third kappa shape index (κ3) is 4.81. The van der Waals surface area contributed by atoms with E-state index in [0.29, 0.717) is 6.61 Å². The van der Waals surface area contributed by atoms with Gasteiger partial charge in [-0.15, -0.1) is 11.7 Å². The van der Waals surface area contributed by atoms with E-state index in [0.717, 1.165) is 0 Å². The van der Waals surface area contributed by atoms with Gasteiger partial charge in [0.05, 0.1) is 0 Å². The van der Waals surface area contributed by atoms with Crippen LogP contribution in [-0.4, -0.2) is 25.0 Å². The van der Waals surface area contributed by atoms with Gasteiger partial charge in [0.25, 0.3) is 0 Å². The minimum Gasteiger partial charge on any atom is -0.448 e. The predicted molar refractivity (Wildman–Crippen MR) is 46.4 cm³/mol. The number of hydrogen-bond donors (Lipinski definition) is 2. The van der Waals surface area contributed by atoms with Crippen LogP contribution < -0.4 is 5.32 Å². The summed E-state index contributed by atoms with van der Waals surface area (Å²) in [6, 6.07) is 0. The second-order valence-corrected chi connectivity index (χ2v) is 3.41. The van der Waals surface area contributed by atoms with Gasteiger partial charge in [0.1, 0.15) is 6.61 Å². The molecular weight excluding hydrogens is 170 g/mol. The van der Waals surface area contributed by atoms with Crippen LogP contribution in [0.5, 0.6) is 0 Å². The Morgan fingerprint density at radius 3 is 2.90 bits per heavy atom. The number of ether oxygens (including phenoxy) is 1. The second kappa shape index (κ2) is 5.73. The molecule has 0 spiro atoms. The number of alkyl carbamates (subject to hydrolysis) is 1. The molecule has 5 heteroatoms. The van der Waals surface area contributed by atoms with E-state index < -0.39 is 6.09 Å². The summed E-state index contributed by atoms with van der Waals surface area (Å²) in [5.74, 6) is 0. The Labute approximate surface area is 69.7 Å². The topological polar surface area (TPSA) is 38.3 Å². The van der Waals surface area contributed by atoms with Crippen LogP contribution in [0.4, 0.5) is 4.79 Å². The summed E-state index contributed by atoms with van der Waals surface area (Å²) in [4.78, 5) is 10.5. The molecule has 0 radical (unpaired) electrons. The minimum absolute atomic E-state index is 0.237. The first kappa shape index (κ1) is 9.97. The number of thiol groups is 1. The molecule has 0 aliphatic carbocycles. The lowest BCUT2D eigenvalue weighted by Gasteiger charge is -2.07. The van der Waals surface area contributed by atoms with Crippen molar-refractivity contribution in [1.82, 2.24) is 5.32 Å². The normalized spacial score (nSPS) is 12.3. The molecular formula is C5H11NO2S2. The SMILES string of the molecule is CNC(=O)OCC(C)SS. The van der Waals surface area contributed by atoms with Crippen molar-refractivity contribution in [2.24, 2.45) is 0 Å². The van der Waals surface area contributed by atoms with Crippen LogP contribution in [0.2, 0.25) is 0 Å². The summed E-state index contributed by atoms with van der Waals surface area (Å²) >= 11 is 3.95. The summed E-state index contributed by atoms with van der Waals surface area (Å²) in [7, 11) is 2.90. The van der Waals surface area contributed by atoms with Crippen molar-refractivity contribution in [3.63, 3.8) is 0 Å². The monoisotopic (exact) mass is 181 g/mol. The third-order valence-electron chi connectivity index (χ3n) is 0.833. The van der Waals surface area contributed by atoms with Crippen LogP contribution in [0.25, 0.3) is 0 Å². The van der Waals surface area contributed by atoms with Crippen molar-refractivity contribution < 1.29 is 9.53 Å². The Balaban J connectivity index is 3.26. The zero-order valence-corrected chi connectivity index (χ0v) is 7.67. The van der Waals surface area contributed by atoms with Gasteiger partial charge in [-0.05, 0) is 6.92 Å². The fourth-order valence-electron chi connectivity index (χ4n) is 0.296. The van der Waals surface area contributed by atoms with Gasteiger partial charge in [0, 0.05) is 12.3 Å². The molecule has 0 saturated carbocycles. The van der Waals surface area contributed by atoms with Crippen LogP contribution >= 0.6 is 22.5 Å². The lowest BCUT2D eigenvalue weighted by Crippen LogP contribution is -2.22. The third-order valence-corrected chi connectivity index (χ3v) is 2.41. The predicted octanol–water partition coefficient (Wildman–Crippen LogP) is 1.31. The molecule has 0 saturated heterocycles. The summed E-state index contributed by atoms with van der Waals surface area (Å²) in [6.07, 6.45) is -0.394. The molecule has 1 atom stereocenters. The van der Waals surface area contributed by atoms with Crippen LogP contribution in [0, 0.1) is 0 Å². The maximum atomic E-state index is 10.5. The highest BCUT2D eigenvalue weighted by Crippen LogP contribution is 2.13.